The van der Waals surface area contributed by atoms with E-state index in [1.54, 1.807) is 0 Å². The van der Waals surface area contributed by atoms with Gasteiger partial charge in [0, 0.05) is 35.7 Å². The van der Waals surface area contributed by atoms with Crippen LogP contribution in [0.2, 0.25) is 0 Å². The van der Waals surface area contributed by atoms with Crippen molar-refractivity contribution in [3.05, 3.63) is 58.3 Å². The van der Waals surface area contributed by atoms with Crippen LogP contribution in [0.1, 0.15) is 29.9 Å². The van der Waals surface area contributed by atoms with Crippen molar-refractivity contribution in [2.45, 2.75) is 31.7 Å². The fraction of sp³-hybridized carbons (Fsp3) is 0.400. The zero-order valence-electron chi connectivity index (χ0n) is 14.3. The number of nitrogens with one attached hydrogen (secondary N) is 1. The van der Waals surface area contributed by atoms with E-state index in [2.05, 4.69) is 56.3 Å². The SMILES string of the molecule is Cc1cncc(N2CC[C@@H](NC(=O)C3CC3c3ccc(Br)cc3)C2)c1. The first kappa shape index (κ1) is 16.6. The molecule has 1 aromatic carbocycles. The second-order valence-electron chi connectivity index (χ2n) is 7.16. The predicted molar refractivity (Wildman–Crippen MR) is 103 cm³/mol. The highest BCUT2D eigenvalue weighted by molar-refractivity contribution is 9.10. The number of pyridine rings is 1. The Morgan fingerprint density at radius 2 is 2.08 bits per heavy atom. The van der Waals surface area contributed by atoms with Crippen molar-refractivity contribution < 1.29 is 4.79 Å². The van der Waals surface area contributed by atoms with Gasteiger partial charge >= 0.3 is 0 Å². The summed E-state index contributed by atoms with van der Waals surface area (Å²) in [6, 6.07) is 10.7. The van der Waals surface area contributed by atoms with Crippen molar-refractivity contribution >= 4 is 27.5 Å². The predicted octanol–water partition coefficient (Wildman–Crippen LogP) is 3.65. The van der Waals surface area contributed by atoms with Gasteiger partial charge < -0.3 is 10.2 Å². The minimum atomic E-state index is 0.135. The van der Waals surface area contributed by atoms with Crippen LogP contribution in [0.15, 0.2) is 47.2 Å². The van der Waals surface area contributed by atoms with Crippen LogP contribution in [0.5, 0.6) is 0 Å². The molecule has 2 fully saturated rings. The molecule has 0 spiro atoms. The van der Waals surface area contributed by atoms with Gasteiger partial charge in [-0.05, 0) is 55.0 Å². The molecule has 2 aromatic rings. The Hall–Kier alpha value is -1.88. The topological polar surface area (TPSA) is 45.2 Å². The van der Waals surface area contributed by atoms with Crippen molar-refractivity contribution in [3.8, 4) is 0 Å². The Morgan fingerprint density at radius 1 is 1.28 bits per heavy atom. The average molecular weight is 400 g/mol. The second kappa shape index (κ2) is 6.79. The minimum Gasteiger partial charge on any atom is -0.368 e. The Morgan fingerprint density at radius 3 is 2.84 bits per heavy atom. The highest BCUT2D eigenvalue weighted by Crippen LogP contribution is 2.47. The molecule has 1 aliphatic carbocycles. The van der Waals surface area contributed by atoms with Gasteiger partial charge in [-0.15, -0.1) is 0 Å². The monoisotopic (exact) mass is 399 g/mol. The number of rotatable bonds is 4. The Balaban J connectivity index is 1.31. The molecule has 25 heavy (non-hydrogen) atoms. The van der Waals surface area contributed by atoms with Gasteiger partial charge in [0.2, 0.25) is 5.91 Å². The van der Waals surface area contributed by atoms with Crippen LogP contribution in [0.25, 0.3) is 0 Å². The van der Waals surface area contributed by atoms with Gasteiger partial charge in [0.25, 0.3) is 0 Å². The Kier molecular flexibility index (Phi) is 4.50. The van der Waals surface area contributed by atoms with E-state index in [1.807, 2.05) is 24.5 Å². The molecule has 4 nitrogen and oxygen atoms in total. The summed E-state index contributed by atoms with van der Waals surface area (Å²) in [6.45, 7) is 3.89. The molecule has 0 bridgehead atoms. The summed E-state index contributed by atoms with van der Waals surface area (Å²) in [5.41, 5.74) is 3.58. The molecule has 1 saturated carbocycles. The molecule has 0 radical (unpaired) electrons. The van der Waals surface area contributed by atoms with E-state index in [4.69, 9.17) is 0 Å². The third-order valence-electron chi connectivity index (χ3n) is 5.19. The summed E-state index contributed by atoms with van der Waals surface area (Å²) >= 11 is 3.46. The maximum Gasteiger partial charge on any atom is 0.224 e. The summed E-state index contributed by atoms with van der Waals surface area (Å²) in [5, 5.41) is 3.26. The Labute approximate surface area is 156 Å². The number of nitrogens with zero attached hydrogens (tertiary/aromatic N) is 2. The van der Waals surface area contributed by atoms with Crippen LogP contribution in [0.3, 0.4) is 0 Å². The quantitative estimate of drug-likeness (QED) is 0.852. The zero-order valence-corrected chi connectivity index (χ0v) is 15.9. The molecular formula is C20H22BrN3O. The molecule has 2 heterocycles. The molecule has 4 rings (SSSR count). The molecule has 3 atom stereocenters. The van der Waals surface area contributed by atoms with E-state index in [0.717, 1.165) is 36.1 Å². The van der Waals surface area contributed by atoms with Gasteiger partial charge in [-0.1, -0.05) is 28.1 Å². The first-order chi connectivity index (χ1) is 12.1. The largest absolute Gasteiger partial charge is 0.368 e. The standard InChI is InChI=1S/C20H22BrN3O/c1-13-8-17(11-22-10-13)24-7-6-16(12-24)23-20(25)19-9-18(19)14-2-4-15(21)5-3-14/h2-5,8,10-11,16,18-19H,6-7,9,12H2,1H3,(H,23,25)/t16-,18?,19?/m1/s1. The van der Waals surface area contributed by atoms with E-state index < -0.39 is 0 Å². The number of halogens is 1. The van der Waals surface area contributed by atoms with Gasteiger partial charge in [0.1, 0.15) is 0 Å². The smallest absolute Gasteiger partial charge is 0.224 e. The molecule has 130 valence electrons. The Bertz CT molecular complexity index is 777. The maximum absolute atomic E-state index is 12.6. The van der Waals surface area contributed by atoms with Crippen LogP contribution in [0.4, 0.5) is 5.69 Å². The number of hydrogen-bond donors (Lipinski definition) is 1. The van der Waals surface area contributed by atoms with Gasteiger partial charge in [0.15, 0.2) is 0 Å². The number of aromatic nitrogens is 1. The molecule has 1 amide bonds. The molecular weight excluding hydrogens is 378 g/mol. The molecule has 1 saturated heterocycles. The number of carbonyl (C=O) groups excluding carboxylic acids is 1. The number of anilines is 1. The average Bonchev–Trinajstić information content (AvgIpc) is 3.27. The second-order valence-corrected chi connectivity index (χ2v) is 8.08. The van der Waals surface area contributed by atoms with Gasteiger partial charge in [-0.25, -0.2) is 0 Å². The van der Waals surface area contributed by atoms with Gasteiger partial charge in [-0.2, -0.15) is 0 Å². The summed E-state index contributed by atoms with van der Waals surface area (Å²) in [4.78, 5) is 19.1. The third kappa shape index (κ3) is 3.71. The number of amides is 1. The number of benzene rings is 1. The van der Waals surface area contributed by atoms with Crippen molar-refractivity contribution in [1.29, 1.82) is 0 Å². The molecule has 2 aliphatic rings. The van der Waals surface area contributed by atoms with Crippen LogP contribution >= 0.6 is 15.9 Å². The lowest BCUT2D eigenvalue weighted by molar-refractivity contribution is -0.123. The van der Waals surface area contributed by atoms with Crippen molar-refractivity contribution in [3.63, 3.8) is 0 Å². The van der Waals surface area contributed by atoms with Gasteiger partial charge in [-0.3, -0.25) is 9.78 Å². The fourth-order valence-corrected chi connectivity index (χ4v) is 3.96. The maximum atomic E-state index is 12.6. The molecule has 1 N–H and O–H groups in total. The van der Waals surface area contributed by atoms with E-state index >= 15 is 0 Å². The first-order valence-corrected chi connectivity index (χ1v) is 9.62. The van der Waals surface area contributed by atoms with E-state index in [0.29, 0.717) is 5.92 Å². The molecule has 5 heteroatoms. The highest BCUT2D eigenvalue weighted by Gasteiger charge is 2.44. The van der Waals surface area contributed by atoms with Gasteiger partial charge in [0.05, 0.1) is 11.9 Å². The lowest BCUT2D eigenvalue weighted by atomic mass is 10.1. The molecule has 1 aliphatic heterocycles. The van der Waals surface area contributed by atoms with Crippen LogP contribution in [-0.2, 0) is 4.79 Å². The van der Waals surface area contributed by atoms with Crippen LogP contribution in [0, 0.1) is 12.8 Å². The molecule has 1 aromatic heterocycles. The third-order valence-corrected chi connectivity index (χ3v) is 5.71. The number of aryl methyl sites for hydroxylation is 1. The van der Waals surface area contributed by atoms with E-state index in [-0.39, 0.29) is 17.9 Å². The summed E-state index contributed by atoms with van der Waals surface area (Å²) in [7, 11) is 0. The van der Waals surface area contributed by atoms with E-state index in [9.17, 15) is 4.79 Å². The minimum absolute atomic E-state index is 0.135. The number of carbonyl (C=O) groups is 1. The summed E-state index contributed by atoms with van der Waals surface area (Å²) in [5.74, 6) is 0.726. The van der Waals surface area contributed by atoms with Crippen LogP contribution < -0.4 is 10.2 Å². The van der Waals surface area contributed by atoms with Crippen molar-refractivity contribution in [2.24, 2.45) is 5.92 Å². The summed E-state index contributed by atoms with van der Waals surface area (Å²) < 4.78 is 1.08. The lowest BCUT2D eigenvalue weighted by Gasteiger charge is -2.19. The van der Waals surface area contributed by atoms with E-state index in [1.165, 1.54) is 11.1 Å². The highest BCUT2D eigenvalue weighted by atomic mass is 79.9. The van der Waals surface area contributed by atoms with Crippen molar-refractivity contribution in [1.82, 2.24) is 10.3 Å². The fourth-order valence-electron chi connectivity index (χ4n) is 3.70. The lowest BCUT2D eigenvalue weighted by Crippen LogP contribution is -2.38. The zero-order chi connectivity index (χ0) is 17.4. The normalized spacial score (nSPS) is 25.0. The van der Waals surface area contributed by atoms with Crippen LogP contribution in [-0.4, -0.2) is 30.0 Å². The molecule has 2 unspecified atom stereocenters. The number of hydrogen-bond acceptors (Lipinski definition) is 3. The first-order valence-electron chi connectivity index (χ1n) is 8.82. The van der Waals surface area contributed by atoms with Crippen molar-refractivity contribution in [2.75, 3.05) is 18.0 Å². The summed E-state index contributed by atoms with van der Waals surface area (Å²) in [6.07, 6.45) is 5.73.